The first-order valence-corrected chi connectivity index (χ1v) is 22.9. The Morgan fingerprint density at radius 1 is 0.951 bits per heavy atom. The highest BCUT2D eigenvalue weighted by atomic mass is 35.5. The number of thioether (sulfide) groups is 1. The molecule has 0 aliphatic carbocycles. The number of hydrogen-bond donors (Lipinski definition) is 5. The minimum absolute atomic E-state index is 0.130. The van der Waals surface area contributed by atoms with E-state index in [1.54, 1.807) is 31.0 Å². The first-order valence-electron chi connectivity index (χ1n) is 20.0. The second-order valence-electron chi connectivity index (χ2n) is 14.8. The second kappa shape index (κ2) is 21.7. The van der Waals surface area contributed by atoms with Gasteiger partial charge in [-0.05, 0) is 83.8 Å². The normalized spacial score (nSPS) is 14.7. The standard InChI is InChI=1S/C45H52ClN7O6S2/c1-53(55,56)44-30-41(20-21-43(44)49-39(32-60-40-9-4-3-5-10-40)24-29-52-27-22-38(23-28-52)50-59-2)61(57,58)51-45(54)34-14-18-37(19-15-34)48-26-25-47-31-35-8-6-7-11-42(35)33-12-16-36(46)17-13-33/h3-21,30,39,47-49,55H,22-29,31-32H2,1-2H3,(H,51,54)/t39-/m1/s1. The van der Waals surface area contributed by atoms with Gasteiger partial charge in [0.25, 0.3) is 15.9 Å². The average molecular weight is 887 g/mol. The molecule has 1 aliphatic heterocycles. The van der Waals surface area contributed by atoms with Crippen LogP contribution in [0.25, 0.3) is 11.1 Å². The van der Waals surface area contributed by atoms with Gasteiger partial charge in [0, 0.05) is 91.1 Å². The molecule has 0 spiro atoms. The van der Waals surface area contributed by atoms with E-state index in [-0.39, 0.29) is 27.9 Å². The van der Waals surface area contributed by atoms with Crippen LogP contribution >= 0.6 is 23.4 Å². The molecule has 0 saturated carbocycles. The molecule has 13 nitrogen and oxygen atoms in total. The number of sulfonamides is 1. The highest BCUT2D eigenvalue weighted by Gasteiger charge is 2.27. The maximum absolute atomic E-state index is 13.5. The Kier molecular flexibility index (Phi) is 16.2. The molecule has 1 heterocycles. The van der Waals surface area contributed by atoms with Crippen LogP contribution in [0.1, 0.15) is 35.2 Å². The van der Waals surface area contributed by atoms with E-state index in [1.807, 2.05) is 66.7 Å². The van der Waals surface area contributed by atoms with Crippen molar-refractivity contribution in [2.75, 3.05) is 63.3 Å². The molecule has 1 fully saturated rings. The van der Waals surface area contributed by atoms with Crippen LogP contribution in [0.5, 0.6) is 0 Å². The highest BCUT2D eigenvalue weighted by molar-refractivity contribution is 7.99. The molecule has 1 saturated heterocycles. The number of carbonyl (C=O) groups excluding carboxylic acids is 1. The van der Waals surface area contributed by atoms with Crippen LogP contribution in [-0.4, -0.2) is 88.8 Å². The van der Waals surface area contributed by atoms with Gasteiger partial charge >= 0.3 is 0 Å². The molecule has 1 amide bonds. The summed E-state index contributed by atoms with van der Waals surface area (Å²) < 4.78 is 29.2. The minimum Gasteiger partial charge on any atom is -0.593 e. The summed E-state index contributed by atoms with van der Waals surface area (Å²) in [5, 5.41) is 38.8. The zero-order valence-corrected chi connectivity index (χ0v) is 36.6. The van der Waals surface area contributed by atoms with E-state index < -0.39 is 20.7 Å². The number of benzene rings is 5. The summed E-state index contributed by atoms with van der Waals surface area (Å²) in [7, 11) is -1.88. The number of hydrogen-bond acceptors (Lipinski definition) is 12. The Hall–Kier alpha value is -4.97. The number of nitrogens with one attached hydrogen (secondary N) is 4. The number of quaternary nitrogens is 1. The first-order chi connectivity index (χ1) is 29.4. The lowest BCUT2D eigenvalue weighted by atomic mass is 10.00. The number of piperidine rings is 1. The number of amides is 1. The van der Waals surface area contributed by atoms with Crippen molar-refractivity contribution >= 4 is 62.1 Å². The Balaban J connectivity index is 1.05. The lowest BCUT2D eigenvalue weighted by Crippen LogP contribution is -2.38. The van der Waals surface area contributed by atoms with E-state index in [0.717, 1.165) is 78.6 Å². The quantitative estimate of drug-likeness (QED) is 0.0221. The Labute approximate surface area is 367 Å². The minimum atomic E-state index is -4.44. The van der Waals surface area contributed by atoms with Crippen LogP contribution in [0.3, 0.4) is 0 Å². The largest absolute Gasteiger partial charge is 0.593 e. The third-order valence-corrected chi connectivity index (χ3v) is 13.0. The molecule has 5 aromatic rings. The van der Waals surface area contributed by atoms with Crippen LogP contribution in [0.2, 0.25) is 5.02 Å². The number of hydroxylamine groups is 2. The fourth-order valence-electron chi connectivity index (χ4n) is 6.95. The van der Waals surface area contributed by atoms with Gasteiger partial charge in [-0.3, -0.25) is 4.79 Å². The van der Waals surface area contributed by atoms with Crippen molar-refractivity contribution in [2.24, 2.45) is 5.16 Å². The number of carbonyl (C=O) groups is 1. The monoisotopic (exact) mass is 885 g/mol. The molecule has 1 aliphatic rings. The predicted molar refractivity (Wildman–Crippen MR) is 247 cm³/mol. The lowest BCUT2D eigenvalue weighted by Gasteiger charge is -2.32. The zero-order chi connectivity index (χ0) is 43.2. The molecule has 0 aromatic heterocycles. The van der Waals surface area contributed by atoms with Crippen LogP contribution in [0.4, 0.5) is 17.1 Å². The molecule has 1 unspecified atom stereocenters. The summed E-state index contributed by atoms with van der Waals surface area (Å²) in [6.07, 6.45) is 2.36. The number of anilines is 2. The maximum Gasteiger partial charge on any atom is 0.264 e. The van der Waals surface area contributed by atoms with Gasteiger partial charge in [-0.25, -0.2) is 18.3 Å². The fraction of sp³-hybridized carbons (Fsp3) is 0.289. The average Bonchev–Trinajstić information content (AvgIpc) is 3.25. The van der Waals surface area contributed by atoms with Gasteiger partial charge in [-0.2, -0.15) is 4.81 Å². The molecule has 0 bridgehead atoms. The molecular formula is C45H52ClN7O6S2. The van der Waals surface area contributed by atoms with Crippen molar-refractivity contribution < 1.29 is 23.3 Å². The maximum atomic E-state index is 13.5. The van der Waals surface area contributed by atoms with Crippen molar-refractivity contribution in [1.82, 2.24) is 19.7 Å². The number of nitrogens with zero attached hydrogens (tertiary/aromatic N) is 3. The molecule has 2 atom stereocenters. The SMILES string of the molecule is CON=C1CCN(CC[C@H](CSc2ccccc2)Nc2ccc(S(=O)(=O)NC(=O)c3ccc(NCCNCc4ccccc4-c4ccc(Cl)cc4)cc3)cc2[N+](C)([O-])O)CC1. The van der Waals surface area contributed by atoms with Crippen LogP contribution in [-0.2, 0) is 21.4 Å². The van der Waals surface area contributed by atoms with Gasteiger partial charge in [-0.15, -0.1) is 11.8 Å². The zero-order valence-electron chi connectivity index (χ0n) is 34.2. The van der Waals surface area contributed by atoms with Gasteiger partial charge in [0.15, 0.2) is 5.69 Å². The van der Waals surface area contributed by atoms with Crippen molar-refractivity contribution in [2.45, 2.75) is 41.6 Å². The Morgan fingerprint density at radius 3 is 2.36 bits per heavy atom. The van der Waals surface area contributed by atoms with Gasteiger partial charge in [0.05, 0.1) is 16.3 Å². The molecular weight excluding hydrogens is 834 g/mol. The predicted octanol–water partition coefficient (Wildman–Crippen LogP) is 8.21. The first kappa shape index (κ1) is 45.6. The fourth-order valence-corrected chi connectivity index (χ4v) is 9.06. The van der Waals surface area contributed by atoms with Crippen molar-refractivity contribution in [3.05, 3.63) is 143 Å². The van der Waals surface area contributed by atoms with Crippen molar-refractivity contribution in [3.63, 3.8) is 0 Å². The molecule has 61 heavy (non-hydrogen) atoms. The van der Waals surface area contributed by atoms with Crippen LogP contribution < -0.4 is 25.5 Å². The lowest BCUT2D eigenvalue weighted by molar-refractivity contribution is -0.00402. The van der Waals surface area contributed by atoms with E-state index in [1.165, 1.54) is 24.3 Å². The summed E-state index contributed by atoms with van der Waals surface area (Å²) in [4.78, 5) is 19.4. The van der Waals surface area contributed by atoms with Gasteiger partial charge in [-0.1, -0.05) is 71.4 Å². The summed E-state index contributed by atoms with van der Waals surface area (Å²) in [6.45, 7) is 4.41. The molecule has 16 heteroatoms. The molecule has 6 rings (SSSR count). The van der Waals surface area contributed by atoms with E-state index in [9.17, 15) is 23.6 Å². The van der Waals surface area contributed by atoms with E-state index in [0.29, 0.717) is 36.8 Å². The van der Waals surface area contributed by atoms with E-state index in [4.69, 9.17) is 16.4 Å². The number of likely N-dealkylation sites (tertiary alicyclic amines) is 1. The molecule has 5 N–H and O–H groups in total. The summed E-state index contributed by atoms with van der Waals surface area (Å²) in [5.74, 6) is -0.194. The van der Waals surface area contributed by atoms with Gasteiger partial charge in [0.1, 0.15) is 14.2 Å². The second-order valence-corrected chi connectivity index (χ2v) is 18.0. The van der Waals surface area contributed by atoms with Gasteiger partial charge in [0.2, 0.25) is 0 Å². The number of oxime groups is 1. The Bertz CT molecular complexity index is 2340. The third-order valence-electron chi connectivity index (χ3n) is 10.2. The number of halogens is 1. The van der Waals surface area contributed by atoms with Crippen molar-refractivity contribution in [3.8, 4) is 11.1 Å². The summed E-state index contributed by atoms with van der Waals surface area (Å²) in [5.41, 5.74) is 5.39. The van der Waals surface area contributed by atoms with E-state index >= 15 is 0 Å². The topological polar surface area (TPSA) is 167 Å². The molecule has 0 radical (unpaired) electrons. The van der Waals surface area contributed by atoms with E-state index in [2.05, 4.69) is 42.9 Å². The smallest absolute Gasteiger partial charge is 0.264 e. The van der Waals surface area contributed by atoms with Gasteiger partial charge < -0.3 is 30.9 Å². The highest BCUT2D eigenvalue weighted by Crippen LogP contribution is 2.33. The number of rotatable bonds is 20. The molecule has 5 aromatic carbocycles. The van der Waals surface area contributed by atoms with Crippen LogP contribution in [0, 0.1) is 5.21 Å². The Morgan fingerprint density at radius 2 is 1.66 bits per heavy atom. The summed E-state index contributed by atoms with van der Waals surface area (Å²) >= 11 is 7.73. The molecule has 322 valence electrons. The third kappa shape index (κ3) is 13.5. The van der Waals surface area contributed by atoms with Crippen LogP contribution in [0.15, 0.2) is 136 Å². The van der Waals surface area contributed by atoms with Crippen molar-refractivity contribution in [1.29, 1.82) is 0 Å². The summed E-state index contributed by atoms with van der Waals surface area (Å²) in [6, 6.07) is 36.1.